The number of aromatic nitrogens is 1. The summed E-state index contributed by atoms with van der Waals surface area (Å²) < 4.78 is 34.7. The molecule has 3 aromatic rings. The number of hydrogen-bond acceptors (Lipinski definition) is 15. The number of imide groups is 1. The zero-order valence-corrected chi connectivity index (χ0v) is 41.4. The third-order valence-electron chi connectivity index (χ3n) is 11.1. The Hall–Kier alpha value is -7.61. The SMILES string of the molecule is CCOc1c(C#N)c(N)cc(NC(=O)Cc2cc(OC)ccc2OC)[n+]1Cc1ccc(NC(=O)[C@H](CCCNC(N)=O)CC(=O)[C@@H](NC(=O)CCOCCOCCOCCN2C(=O)C=CC2=O)C(C)C)cc1. The van der Waals surface area contributed by atoms with Crippen LogP contribution in [0.2, 0.25) is 0 Å². The van der Waals surface area contributed by atoms with E-state index in [1.807, 2.05) is 0 Å². The van der Waals surface area contributed by atoms with E-state index in [1.165, 1.54) is 32.4 Å². The van der Waals surface area contributed by atoms with Crippen molar-refractivity contribution < 1.29 is 66.6 Å². The monoisotopic (exact) mass is 1000 g/mol. The third-order valence-corrected chi connectivity index (χ3v) is 11.1. The second-order valence-corrected chi connectivity index (χ2v) is 16.7. The van der Waals surface area contributed by atoms with E-state index in [0.29, 0.717) is 34.7 Å². The van der Waals surface area contributed by atoms with Gasteiger partial charge in [0, 0.05) is 48.7 Å². The van der Waals surface area contributed by atoms with E-state index in [4.69, 9.17) is 39.9 Å². The second-order valence-electron chi connectivity index (χ2n) is 16.7. The zero-order valence-electron chi connectivity index (χ0n) is 41.4. The summed E-state index contributed by atoms with van der Waals surface area (Å²) in [4.78, 5) is 89.8. The number of carbonyl (C=O) groups is 7. The van der Waals surface area contributed by atoms with Gasteiger partial charge in [-0.2, -0.15) is 9.83 Å². The molecule has 22 heteroatoms. The van der Waals surface area contributed by atoms with Crippen molar-refractivity contribution in [2.75, 3.05) is 89.9 Å². The summed E-state index contributed by atoms with van der Waals surface area (Å²) in [5.41, 5.74) is 13.4. The van der Waals surface area contributed by atoms with Gasteiger partial charge in [0.25, 0.3) is 17.6 Å². The summed E-state index contributed by atoms with van der Waals surface area (Å²) in [6, 6.07) is 13.9. The highest BCUT2D eigenvalue weighted by molar-refractivity contribution is 6.12. The van der Waals surface area contributed by atoms with Crippen LogP contribution >= 0.6 is 0 Å². The summed E-state index contributed by atoms with van der Waals surface area (Å²) in [5.74, 6) is -2.09. The van der Waals surface area contributed by atoms with Gasteiger partial charge in [0.15, 0.2) is 11.3 Å². The van der Waals surface area contributed by atoms with Crippen LogP contribution in [0.25, 0.3) is 0 Å². The molecule has 2 atom stereocenters. The van der Waals surface area contributed by atoms with Crippen LogP contribution in [0, 0.1) is 23.2 Å². The number of carbonyl (C=O) groups excluding carboxylic acids is 7. The number of Topliss-reactive ketones (excluding diaryl/α,β-unsaturated/α-hetero) is 1. The second kappa shape index (κ2) is 29.5. The molecule has 388 valence electrons. The smallest absolute Gasteiger partial charge is 0.312 e. The minimum absolute atomic E-state index is 0.0276. The molecular weight excluding hydrogens is 935 g/mol. The molecule has 1 aromatic heterocycles. The molecule has 2 aromatic carbocycles. The maximum absolute atomic E-state index is 13.9. The molecular formula is C50H66N9O13+. The lowest BCUT2D eigenvalue weighted by Gasteiger charge is -2.24. The molecule has 1 aliphatic rings. The van der Waals surface area contributed by atoms with Crippen molar-refractivity contribution in [2.24, 2.45) is 17.6 Å². The molecule has 0 radical (unpaired) electrons. The first-order valence-corrected chi connectivity index (χ1v) is 23.5. The van der Waals surface area contributed by atoms with Gasteiger partial charge in [-0.15, -0.1) is 0 Å². The molecule has 22 nitrogen and oxygen atoms in total. The van der Waals surface area contributed by atoms with Gasteiger partial charge >= 0.3 is 17.8 Å². The number of urea groups is 1. The fourth-order valence-electron chi connectivity index (χ4n) is 7.46. The summed E-state index contributed by atoms with van der Waals surface area (Å²) in [7, 11) is 3.02. The Morgan fingerprint density at radius 3 is 2.12 bits per heavy atom. The van der Waals surface area contributed by atoms with Gasteiger partial charge in [-0.3, -0.25) is 28.9 Å². The minimum Gasteiger partial charge on any atom is -0.497 e. The quantitative estimate of drug-likeness (QED) is 0.0298. The van der Waals surface area contributed by atoms with E-state index in [9.17, 15) is 38.8 Å². The number of nitrogens with one attached hydrogen (secondary N) is 4. The van der Waals surface area contributed by atoms with Crippen LogP contribution in [-0.2, 0) is 55.9 Å². The van der Waals surface area contributed by atoms with Crippen LogP contribution < -0.4 is 51.5 Å². The Kier molecular flexibility index (Phi) is 23.4. The van der Waals surface area contributed by atoms with Crippen LogP contribution in [0.3, 0.4) is 0 Å². The van der Waals surface area contributed by atoms with Crippen molar-refractivity contribution in [3.05, 3.63) is 77.4 Å². The van der Waals surface area contributed by atoms with Crippen LogP contribution in [0.1, 0.15) is 63.1 Å². The Morgan fingerprint density at radius 1 is 0.847 bits per heavy atom. The van der Waals surface area contributed by atoms with Crippen LogP contribution in [-0.4, -0.2) is 126 Å². The molecule has 4 rings (SSSR count). The number of ether oxygens (including phenoxy) is 6. The molecule has 0 saturated heterocycles. The molecule has 1 aliphatic heterocycles. The molecule has 0 fully saturated rings. The van der Waals surface area contributed by atoms with Crippen molar-refractivity contribution in [1.82, 2.24) is 15.5 Å². The Bertz CT molecular complexity index is 2420. The number of amides is 7. The molecule has 2 heterocycles. The lowest BCUT2D eigenvalue weighted by atomic mass is 9.89. The highest BCUT2D eigenvalue weighted by Crippen LogP contribution is 2.27. The van der Waals surface area contributed by atoms with Crippen LogP contribution in [0.5, 0.6) is 17.4 Å². The third kappa shape index (κ3) is 18.0. The van der Waals surface area contributed by atoms with Gasteiger partial charge < -0.3 is 55.8 Å². The first-order valence-electron chi connectivity index (χ1n) is 23.5. The minimum atomic E-state index is -0.898. The number of nitrogen functional groups attached to an aromatic ring is 1. The molecule has 7 amide bonds. The fraction of sp³-hybridized carbons (Fsp3) is 0.460. The Labute approximate surface area is 418 Å². The molecule has 0 spiro atoms. The average molecular weight is 1000 g/mol. The number of hydrogen-bond donors (Lipinski definition) is 6. The summed E-state index contributed by atoms with van der Waals surface area (Å²) in [6.07, 6.45) is 2.65. The molecule has 0 aliphatic carbocycles. The van der Waals surface area contributed by atoms with E-state index >= 15 is 0 Å². The number of nitrogens with two attached hydrogens (primary N) is 2. The predicted molar refractivity (Wildman–Crippen MR) is 263 cm³/mol. The standard InChI is InChI=1S/C50H65N9O13/c1-6-72-49-38(30-51)39(52)29-42(56-44(62)28-35-26-37(67-4)13-14-41(35)68-5)59(49)31-33-9-11-36(12-10-33)55-48(65)34(8-7-18-54-50(53)66)27-40(60)47(32(2)3)57-43(61)17-20-69-22-24-71-25-23-70-21-19-58-45(63)15-16-46(58)64/h9-16,26,29,32,34,47H,6-8,17-25,27-28,31H2,1-5H3,(H7,52,53,54,55,56,57,61,62,65,66)/p+1/t34-,47+/m1/s1. The fourth-order valence-corrected chi connectivity index (χ4v) is 7.46. The van der Waals surface area contributed by atoms with Crippen molar-refractivity contribution in [3.8, 4) is 23.4 Å². The van der Waals surface area contributed by atoms with E-state index in [2.05, 4.69) is 27.3 Å². The van der Waals surface area contributed by atoms with E-state index < -0.39 is 35.7 Å². The molecule has 72 heavy (non-hydrogen) atoms. The van der Waals surface area contributed by atoms with Gasteiger partial charge in [-0.05, 0) is 61.6 Å². The van der Waals surface area contributed by atoms with Gasteiger partial charge in [0.1, 0.15) is 24.1 Å². The van der Waals surface area contributed by atoms with E-state index in [1.54, 1.807) is 67.8 Å². The predicted octanol–water partition coefficient (Wildman–Crippen LogP) is 2.54. The maximum atomic E-state index is 13.9. The molecule has 0 bridgehead atoms. The first-order chi connectivity index (χ1) is 34.6. The van der Waals surface area contributed by atoms with E-state index in [0.717, 1.165) is 4.90 Å². The van der Waals surface area contributed by atoms with Crippen molar-refractivity contribution in [1.29, 1.82) is 5.26 Å². The van der Waals surface area contributed by atoms with Crippen molar-refractivity contribution in [2.45, 2.75) is 65.5 Å². The van der Waals surface area contributed by atoms with E-state index in [-0.39, 0.29) is 138 Å². The number of ketones is 1. The van der Waals surface area contributed by atoms with Crippen molar-refractivity contribution >= 4 is 58.5 Å². The number of anilines is 3. The van der Waals surface area contributed by atoms with Gasteiger partial charge in [0.2, 0.25) is 11.8 Å². The summed E-state index contributed by atoms with van der Waals surface area (Å²) in [6.45, 7) is 7.14. The number of rotatable bonds is 32. The first kappa shape index (κ1) is 57.0. The average Bonchev–Trinajstić information content (AvgIpc) is 3.67. The Balaban J connectivity index is 1.35. The van der Waals surface area contributed by atoms with Gasteiger partial charge in [-0.25, -0.2) is 14.9 Å². The Morgan fingerprint density at radius 2 is 1.51 bits per heavy atom. The number of methoxy groups -OCH3 is 2. The number of pyridine rings is 1. The zero-order chi connectivity index (χ0) is 52.6. The largest absolute Gasteiger partial charge is 0.497 e. The lowest BCUT2D eigenvalue weighted by Crippen LogP contribution is -2.45. The maximum Gasteiger partial charge on any atom is 0.312 e. The summed E-state index contributed by atoms with van der Waals surface area (Å²) >= 11 is 0. The van der Waals surface area contributed by atoms with Gasteiger partial charge in [0.05, 0.1) is 91.2 Å². The highest BCUT2D eigenvalue weighted by atomic mass is 16.5. The number of primary amides is 1. The molecule has 0 unspecified atom stereocenters. The summed E-state index contributed by atoms with van der Waals surface area (Å²) in [5, 5.41) is 21.1. The normalized spacial score (nSPS) is 12.8. The number of nitriles is 1. The van der Waals surface area contributed by atoms with Crippen molar-refractivity contribution in [3.63, 3.8) is 0 Å². The topological polar surface area (TPSA) is 306 Å². The van der Waals surface area contributed by atoms with Gasteiger partial charge in [-0.1, -0.05) is 26.0 Å². The number of nitrogens with zero attached hydrogens (tertiary/aromatic N) is 3. The molecule has 0 saturated carbocycles. The van der Waals surface area contributed by atoms with Crippen LogP contribution in [0.15, 0.2) is 60.7 Å². The highest BCUT2D eigenvalue weighted by Gasteiger charge is 2.31. The molecule has 8 N–H and O–H groups in total. The van der Waals surface area contributed by atoms with Crippen LogP contribution in [0.4, 0.5) is 22.0 Å². The lowest BCUT2D eigenvalue weighted by molar-refractivity contribution is -0.679. The number of benzene rings is 2.